The number of rotatable bonds is 9. The Morgan fingerprint density at radius 3 is 2.52 bits per heavy atom. The van der Waals surface area contributed by atoms with Crippen LogP contribution in [0, 0.1) is 11.8 Å². The van der Waals surface area contributed by atoms with Crippen molar-refractivity contribution >= 4 is 28.7 Å². The molecule has 1 aliphatic rings. The molecule has 170 valence electrons. The molecule has 2 nitrogen and oxygen atoms in total. The second kappa shape index (κ2) is 10.5. The minimum Gasteiger partial charge on any atom is -0.393 e. The fourth-order valence-corrected chi connectivity index (χ4v) is 6.03. The molecule has 4 atom stereocenters. The van der Waals surface area contributed by atoms with Crippen LogP contribution in [-0.4, -0.2) is 22.4 Å². The third-order valence-corrected chi connectivity index (χ3v) is 7.95. The maximum Gasteiger partial charge on any atom is 0.416 e. The summed E-state index contributed by atoms with van der Waals surface area (Å²) in [5.74, 6) is 0.353. The molecule has 1 aromatic heterocycles. The Balaban J connectivity index is 1.51. The van der Waals surface area contributed by atoms with E-state index in [0.29, 0.717) is 18.4 Å². The van der Waals surface area contributed by atoms with Crippen LogP contribution in [0.1, 0.15) is 64.7 Å². The Bertz CT molecular complexity index is 880. The van der Waals surface area contributed by atoms with Crippen molar-refractivity contribution < 1.29 is 23.1 Å². The predicted octanol–water partition coefficient (Wildman–Crippen LogP) is 6.92. The molecule has 3 rings (SSSR count). The van der Waals surface area contributed by atoms with Gasteiger partial charge in [-0.1, -0.05) is 18.2 Å². The van der Waals surface area contributed by atoms with Crippen LogP contribution in [0.25, 0.3) is 0 Å². The van der Waals surface area contributed by atoms with E-state index in [1.54, 1.807) is 13.0 Å². The van der Waals surface area contributed by atoms with E-state index < -0.39 is 17.8 Å². The number of aliphatic hydroxyl groups is 1. The standard InChI is InChI=1S/C24H28ClF3O2S/c1-15(29)23-12-11-18(31-23)8-4-9-19-20(22(30)14-21(19)25)10-3-6-16-5-2-7-17(13-16)24(26,27)28/h2,5,7,11-13,19-22,30H,3-4,6,8-10,14H2,1H3/t19-,20-,21-,22-/m1/s1. The highest BCUT2D eigenvalue weighted by atomic mass is 35.5. The van der Waals surface area contributed by atoms with Crippen LogP contribution >= 0.6 is 22.9 Å². The number of ketones is 1. The number of carbonyl (C=O) groups excluding carboxylic acids is 1. The van der Waals surface area contributed by atoms with Gasteiger partial charge in [0.25, 0.3) is 0 Å². The molecule has 1 heterocycles. The molecule has 2 aromatic rings. The molecule has 1 N–H and O–H groups in total. The van der Waals surface area contributed by atoms with Crippen molar-refractivity contribution in [2.75, 3.05) is 0 Å². The molecule has 0 aliphatic heterocycles. The van der Waals surface area contributed by atoms with Crippen molar-refractivity contribution in [3.05, 3.63) is 57.3 Å². The molecule has 0 bridgehead atoms. The molecule has 1 saturated carbocycles. The van der Waals surface area contributed by atoms with E-state index in [1.807, 2.05) is 12.1 Å². The zero-order chi connectivity index (χ0) is 22.6. The molecule has 1 fully saturated rings. The summed E-state index contributed by atoms with van der Waals surface area (Å²) >= 11 is 8.06. The lowest BCUT2D eigenvalue weighted by Gasteiger charge is -2.23. The normalized spacial score (nSPS) is 23.9. The van der Waals surface area contributed by atoms with Gasteiger partial charge in [0, 0.05) is 10.3 Å². The molecule has 0 amide bonds. The molecular formula is C24H28ClF3O2S. The van der Waals surface area contributed by atoms with E-state index in [9.17, 15) is 23.1 Å². The van der Waals surface area contributed by atoms with E-state index in [2.05, 4.69) is 0 Å². The second-order valence-electron chi connectivity index (χ2n) is 8.45. The van der Waals surface area contributed by atoms with Gasteiger partial charge in [0.05, 0.1) is 16.5 Å². The molecule has 0 radical (unpaired) electrons. The maximum atomic E-state index is 12.9. The minimum atomic E-state index is -4.33. The van der Waals surface area contributed by atoms with Crippen molar-refractivity contribution in [1.29, 1.82) is 0 Å². The number of Topliss-reactive ketones (excluding diaryl/α,β-unsaturated/α-hetero) is 1. The van der Waals surface area contributed by atoms with Crippen LogP contribution in [0.15, 0.2) is 36.4 Å². The highest BCUT2D eigenvalue weighted by molar-refractivity contribution is 7.14. The van der Waals surface area contributed by atoms with Gasteiger partial charge in [-0.2, -0.15) is 13.2 Å². The quantitative estimate of drug-likeness (QED) is 0.317. The van der Waals surface area contributed by atoms with Gasteiger partial charge >= 0.3 is 6.18 Å². The third kappa shape index (κ3) is 6.56. The minimum absolute atomic E-state index is 0.0735. The van der Waals surface area contributed by atoms with Crippen LogP contribution in [0.4, 0.5) is 13.2 Å². The number of hydrogen-bond acceptors (Lipinski definition) is 3. The monoisotopic (exact) mass is 472 g/mol. The van der Waals surface area contributed by atoms with Crippen LogP contribution in [0.5, 0.6) is 0 Å². The number of carbonyl (C=O) groups is 1. The van der Waals surface area contributed by atoms with Crippen molar-refractivity contribution in [3.63, 3.8) is 0 Å². The van der Waals surface area contributed by atoms with Gasteiger partial charge in [0.2, 0.25) is 0 Å². The van der Waals surface area contributed by atoms with E-state index >= 15 is 0 Å². The van der Waals surface area contributed by atoms with Crippen LogP contribution in [0.3, 0.4) is 0 Å². The van der Waals surface area contributed by atoms with E-state index in [-0.39, 0.29) is 23.0 Å². The molecule has 1 aliphatic carbocycles. The van der Waals surface area contributed by atoms with Crippen LogP contribution < -0.4 is 0 Å². The first kappa shape index (κ1) is 24.3. The lowest BCUT2D eigenvalue weighted by atomic mass is 9.85. The zero-order valence-electron chi connectivity index (χ0n) is 17.5. The Morgan fingerprint density at radius 1 is 1.13 bits per heavy atom. The van der Waals surface area contributed by atoms with E-state index in [4.69, 9.17) is 11.6 Å². The second-order valence-corrected chi connectivity index (χ2v) is 10.2. The number of halogens is 4. The number of thiophene rings is 1. The van der Waals surface area contributed by atoms with Gasteiger partial charge in [-0.3, -0.25) is 4.79 Å². The summed E-state index contributed by atoms with van der Waals surface area (Å²) in [6.07, 6.45) is 0.501. The van der Waals surface area contributed by atoms with Gasteiger partial charge in [0.15, 0.2) is 5.78 Å². The molecule has 1 aromatic carbocycles. The number of hydrogen-bond donors (Lipinski definition) is 1. The van der Waals surface area contributed by atoms with Gasteiger partial charge in [-0.05, 0) is 87.5 Å². The molecule has 0 spiro atoms. The van der Waals surface area contributed by atoms with Crippen molar-refractivity contribution in [2.24, 2.45) is 11.8 Å². The van der Waals surface area contributed by atoms with Gasteiger partial charge < -0.3 is 5.11 Å². The van der Waals surface area contributed by atoms with Crippen molar-refractivity contribution in [3.8, 4) is 0 Å². The molecular weight excluding hydrogens is 445 g/mol. The highest BCUT2D eigenvalue weighted by Crippen LogP contribution is 2.42. The summed E-state index contributed by atoms with van der Waals surface area (Å²) in [6, 6.07) is 9.33. The number of aryl methyl sites for hydroxylation is 2. The number of aliphatic hydroxyl groups excluding tert-OH is 1. The summed E-state index contributed by atoms with van der Waals surface area (Å²) in [5.41, 5.74) is 0.0476. The molecule has 7 heteroatoms. The lowest BCUT2D eigenvalue weighted by Crippen LogP contribution is -2.21. The van der Waals surface area contributed by atoms with Gasteiger partial charge in [0.1, 0.15) is 0 Å². The summed E-state index contributed by atoms with van der Waals surface area (Å²) in [4.78, 5) is 13.4. The maximum absolute atomic E-state index is 12.9. The largest absolute Gasteiger partial charge is 0.416 e. The first-order chi connectivity index (χ1) is 14.6. The molecule has 0 saturated heterocycles. The first-order valence-electron chi connectivity index (χ1n) is 10.7. The Kier molecular flexibility index (Phi) is 8.22. The summed E-state index contributed by atoms with van der Waals surface area (Å²) < 4.78 is 38.7. The molecule has 31 heavy (non-hydrogen) atoms. The third-order valence-electron chi connectivity index (χ3n) is 6.20. The topological polar surface area (TPSA) is 37.3 Å². The SMILES string of the molecule is CC(=O)c1ccc(CCC[C@@H]2[C@@H](CCCc3cccc(C(F)(F)F)c3)[C@H](O)C[C@H]2Cl)s1. The average Bonchev–Trinajstić information content (AvgIpc) is 3.27. The number of alkyl halides is 4. The van der Waals surface area contributed by atoms with Crippen molar-refractivity contribution in [1.82, 2.24) is 0 Å². The van der Waals surface area contributed by atoms with Crippen molar-refractivity contribution in [2.45, 2.75) is 69.5 Å². The fraction of sp³-hybridized carbons (Fsp3) is 0.542. The molecule has 0 unspecified atom stereocenters. The summed E-state index contributed by atoms with van der Waals surface area (Å²) in [5, 5.41) is 10.4. The summed E-state index contributed by atoms with van der Waals surface area (Å²) in [6.45, 7) is 1.57. The zero-order valence-corrected chi connectivity index (χ0v) is 19.1. The van der Waals surface area contributed by atoms with Gasteiger partial charge in [-0.15, -0.1) is 22.9 Å². The Morgan fingerprint density at radius 2 is 1.84 bits per heavy atom. The van der Waals surface area contributed by atoms with E-state index in [1.165, 1.54) is 28.3 Å². The summed E-state index contributed by atoms with van der Waals surface area (Å²) in [7, 11) is 0. The van der Waals surface area contributed by atoms with Crippen LogP contribution in [0.2, 0.25) is 0 Å². The smallest absolute Gasteiger partial charge is 0.393 e. The number of benzene rings is 1. The van der Waals surface area contributed by atoms with E-state index in [0.717, 1.165) is 43.0 Å². The Labute approximate surface area is 190 Å². The fourth-order valence-electron chi connectivity index (χ4n) is 4.59. The highest BCUT2D eigenvalue weighted by Gasteiger charge is 2.40. The Hall–Kier alpha value is -1.37. The predicted molar refractivity (Wildman–Crippen MR) is 119 cm³/mol. The van der Waals surface area contributed by atoms with Gasteiger partial charge in [-0.25, -0.2) is 0 Å². The average molecular weight is 473 g/mol. The van der Waals surface area contributed by atoms with Crippen LogP contribution in [-0.2, 0) is 19.0 Å². The lowest BCUT2D eigenvalue weighted by molar-refractivity contribution is -0.137. The first-order valence-corrected chi connectivity index (χ1v) is 12.0.